The van der Waals surface area contributed by atoms with Crippen LogP contribution in [0.15, 0.2) is 248 Å². The quantitative estimate of drug-likeness (QED) is 0.0301. The van der Waals surface area contributed by atoms with Gasteiger partial charge in [0.25, 0.3) is 11.8 Å². The first-order chi connectivity index (χ1) is 37.7. The van der Waals surface area contributed by atoms with Gasteiger partial charge in [-0.15, -0.1) is 11.8 Å². The largest absolute Gasteiger partial charge is 1.00 e. The Kier molecular flexibility index (Phi) is 18.1. The molecule has 0 saturated carbocycles. The lowest BCUT2D eigenvalue weighted by Crippen LogP contribution is -3.00. The van der Waals surface area contributed by atoms with E-state index in [9.17, 15) is 14.4 Å². The maximum atomic E-state index is 15.6. The molecule has 10 nitrogen and oxygen atoms in total. The molecule has 0 aromatic heterocycles. The Labute approximate surface area is 477 Å². The number of carbonyl (C=O) groups is 5. The fourth-order valence-electron chi connectivity index (χ4n) is 10.1. The maximum absolute atomic E-state index is 15.6. The predicted molar refractivity (Wildman–Crippen MR) is 305 cm³/mol. The molecule has 2 heterocycles. The molecule has 2 atom stereocenters. The first-order valence-corrected chi connectivity index (χ1v) is 28.8. The summed E-state index contributed by atoms with van der Waals surface area (Å²) in [6.45, 7) is 1.96. The number of hydrogen-bond acceptors (Lipinski definition) is 8. The van der Waals surface area contributed by atoms with Crippen LogP contribution < -0.4 is 45.3 Å². The third-order valence-electron chi connectivity index (χ3n) is 14.0. The zero-order valence-electron chi connectivity index (χ0n) is 42.8. The van der Waals surface area contributed by atoms with Crippen molar-refractivity contribution < 1.29 is 57.4 Å². The second-order valence-corrected chi connectivity index (χ2v) is 23.5. The fourth-order valence-corrected chi connectivity index (χ4v) is 16.0. The average Bonchev–Trinajstić information content (AvgIpc) is 3.67. The van der Waals surface area contributed by atoms with Crippen LogP contribution in [0.3, 0.4) is 0 Å². The summed E-state index contributed by atoms with van der Waals surface area (Å²) < 4.78 is 12.8. The van der Waals surface area contributed by atoms with Crippen molar-refractivity contribution in [2.45, 2.75) is 49.8 Å². The summed E-state index contributed by atoms with van der Waals surface area (Å²) >= 11 is 1.44. The zero-order chi connectivity index (χ0) is 53.1. The molecular formula is C65H57IN3O7PS. The van der Waals surface area contributed by atoms with Crippen LogP contribution in [0.5, 0.6) is 0 Å². The molecule has 8 aromatic rings. The molecule has 392 valence electrons. The average molecular weight is 1180 g/mol. The number of unbranched alkanes of at least 4 members (excludes halogenated alkanes) is 1. The number of β-lactam (4-membered cyclic amide) rings is 1. The second-order valence-electron chi connectivity index (χ2n) is 18.9. The van der Waals surface area contributed by atoms with Crippen molar-refractivity contribution in [2.24, 2.45) is 0 Å². The van der Waals surface area contributed by atoms with E-state index in [-0.39, 0.29) is 47.2 Å². The molecule has 10 rings (SSSR count). The number of nitrogens with zero attached hydrogens (tertiary/aromatic N) is 2. The summed E-state index contributed by atoms with van der Waals surface area (Å²) in [5.41, 5.74) is 6.91. The van der Waals surface area contributed by atoms with Gasteiger partial charge >= 0.3 is 11.9 Å². The molecule has 0 bridgehead atoms. The van der Waals surface area contributed by atoms with Crippen LogP contribution in [0.1, 0.15) is 81.4 Å². The van der Waals surface area contributed by atoms with E-state index < -0.39 is 60.5 Å². The summed E-state index contributed by atoms with van der Waals surface area (Å²) in [4.78, 5) is 75.3. The van der Waals surface area contributed by atoms with Crippen molar-refractivity contribution in [2.75, 3.05) is 11.9 Å². The number of fused-ring (bicyclic) bond motifs is 1. The molecule has 1 unspecified atom stereocenters. The molecule has 1 N–H and O–H groups in total. The van der Waals surface area contributed by atoms with Gasteiger partial charge in [-0.3, -0.25) is 24.7 Å². The smallest absolute Gasteiger partial charge is 0.356 e. The fraction of sp³-hybridized carbons (Fsp3) is 0.154. The van der Waals surface area contributed by atoms with Crippen molar-refractivity contribution in [1.82, 2.24) is 15.3 Å². The lowest BCUT2D eigenvalue weighted by Gasteiger charge is -2.52. The Hall–Kier alpha value is -7.64. The highest BCUT2D eigenvalue weighted by Gasteiger charge is 2.59. The molecule has 0 spiro atoms. The number of esters is 2. The summed E-state index contributed by atoms with van der Waals surface area (Å²) in [6, 6.07) is 73.8. The van der Waals surface area contributed by atoms with Crippen molar-refractivity contribution >= 4 is 64.6 Å². The van der Waals surface area contributed by atoms with Gasteiger partial charge in [-0.1, -0.05) is 195 Å². The van der Waals surface area contributed by atoms with Crippen LogP contribution in [0.4, 0.5) is 0 Å². The molecule has 0 radical (unpaired) electrons. The van der Waals surface area contributed by atoms with Gasteiger partial charge in [-0.05, 0) is 83.3 Å². The molecule has 8 aromatic carbocycles. The Morgan fingerprint density at radius 1 is 0.577 bits per heavy atom. The molecule has 78 heavy (non-hydrogen) atoms. The monoisotopic (exact) mass is 1180 g/mol. The van der Waals surface area contributed by atoms with Crippen LogP contribution in [-0.2, 0) is 23.9 Å². The summed E-state index contributed by atoms with van der Waals surface area (Å²) in [7, 11) is -2.63. The second kappa shape index (κ2) is 25.7. The van der Waals surface area contributed by atoms with Gasteiger partial charge < -0.3 is 33.5 Å². The summed E-state index contributed by atoms with van der Waals surface area (Å²) in [5.74, 6) is -2.73. The van der Waals surface area contributed by atoms with Gasteiger partial charge in [0.2, 0.25) is 5.91 Å². The minimum Gasteiger partial charge on any atom is -1.00 e. The Bertz CT molecular complexity index is 3210. The molecule has 2 aliphatic heterocycles. The number of benzene rings is 8. The van der Waals surface area contributed by atoms with E-state index in [4.69, 9.17) is 9.47 Å². The zero-order valence-corrected chi connectivity index (χ0v) is 46.7. The molecule has 2 aliphatic rings. The van der Waals surface area contributed by atoms with Gasteiger partial charge in [0, 0.05) is 23.3 Å². The highest BCUT2D eigenvalue weighted by molar-refractivity contribution is 8.00. The standard InChI is InChI=1S/C65H56N3O7PS.HI/c1-2-3-42-56(69)68(66-61(70)50-34-25-35-51(43-50)64(72)74-59(46-26-11-4-12-27-46)47-28-13-5-14-29-47)58-62(71)67-57(65(73)75-60(48-30-15-6-16-31-48)49-32-17-7-18-33-49)52(45-77-63(58)67)44-76(53-36-19-8-20-37-53,54-38-21-9-22-39-54)55-40-23-10-24-41-55;/h4-41,43,58-60,63H,2-3,42,44-45H2,1H3;1H/t58?,63-;/m1./s1. The van der Waals surface area contributed by atoms with E-state index >= 15 is 9.59 Å². The van der Waals surface area contributed by atoms with Gasteiger partial charge in [0.1, 0.15) is 34.2 Å². The minimum absolute atomic E-state index is 0. The molecule has 1 fully saturated rings. The molecule has 3 amide bonds. The van der Waals surface area contributed by atoms with E-state index in [1.807, 2.05) is 183 Å². The number of hydrazine groups is 1. The van der Waals surface area contributed by atoms with E-state index in [0.29, 0.717) is 24.8 Å². The maximum Gasteiger partial charge on any atom is 0.356 e. The van der Waals surface area contributed by atoms with Gasteiger partial charge in [-0.25, -0.2) is 14.6 Å². The third-order valence-corrected chi connectivity index (χ3v) is 19.7. The topological polar surface area (TPSA) is 122 Å². The lowest BCUT2D eigenvalue weighted by atomic mass is 10.0. The molecule has 1 saturated heterocycles. The highest BCUT2D eigenvalue weighted by atomic mass is 127. The SMILES string of the molecule is CCCCC(=O)N(NC(=O)c1cccc(C(=O)OC(c2ccccc2)c2ccccc2)c1)C1C(=O)N2C(C(=O)OC(c3ccccc3)c3ccccc3)=C(C[P+](c3ccccc3)(c3ccccc3)c3ccccc3)CS[C@H]12.[I-]. The Morgan fingerprint density at radius 3 is 1.42 bits per heavy atom. The summed E-state index contributed by atoms with van der Waals surface area (Å²) in [6.07, 6.45) is 0.103. The highest BCUT2D eigenvalue weighted by Crippen LogP contribution is 2.58. The number of carbonyl (C=O) groups excluding carboxylic acids is 5. The van der Waals surface area contributed by atoms with Crippen LogP contribution in [0, 0.1) is 0 Å². The van der Waals surface area contributed by atoms with E-state index in [0.717, 1.165) is 48.7 Å². The van der Waals surface area contributed by atoms with Crippen molar-refractivity contribution in [1.29, 1.82) is 0 Å². The number of thioether (sulfide) groups is 1. The Morgan fingerprint density at radius 2 is 0.987 bits per heavy atom. The van der Waals surface area contributed by atoms with Gasteiger partial charge in [-0.2, -0.15) is 0 Å². The lowest BCUT2D eigenvalue weighted by molar-refractivity contribution is -0.164. The summed E-state index contributed by atoms with van der Waals surface area (Å²) in [5, 5.41) is 3.66. The van der Waals surface area contributed by atoms with Crippen molar-refractivity contribution in [3.8, 4) is 0 Å². The molecule has 0 aliphatic carbocycles. The van der Waals surface area contributed by atoms with Crippen molar-refractivity contribution in [3.63, 3.8) is 0 Å². The van der Waals surface area contributed by atoms with Crippen LogP contribution in [0.2, 0.25) is 0 Å². The van der Waals surface area contributed by atoms with E-state index in [1.165, 1.54) is 28.8 Å². The van der Waals surface area contributed by atoms with Gasteiger partial charge in [0.05, 0.1) is 11.7 Å². The van der Waals surface area contributed by atoms with Gasteiger partial charge in [0.15, 0.2) is 18.2 Å². The number of nitrogens with one attached hydrogen (secondary N) is 1. The normalized spacial score (nSPS) is 14.9. The predicted octanol–water partition coefficient (Wildman–Crippen LogP) is 8.17. The molecule has 13 heteroatoms. The first kappa shape index (κ1) is 55.1. The van der Waals surface area contributed by atoms with E-state index in [2.05, 4.69) is 41.8 Å². The number of halogens is 1. The number of hydrogen-bond donors (Lipinski definition) is 1. The third kappa shape index (κ3) is 11.8. The number of rotatable bonds is 18. The van der Waals surface area contributed by atoms with Crippen molar-refractivity contribution in [3.05, 3.63) is 281 Å². The van der Waals surface area contributed by atoms with Crippen LogP contribution in [0.25, 0.3) is 0 Å². The first-order valence-electron chi connectivity index (χ1n) is 25.8. The number of ether oxygens (including phenoxy) is 2. The molecular weight excluding hydrogens is 1120 g/mol. The van der Waals surface area contributed by atoms with Crippen LogP contribution >= 0.6 is 19.0 Å². The van der Waals surface area contributed by atoms with E-state index in [1.54, 1.807) is 12.1 Å². The Balaban J connectivity index is 0.00000740. The minimum atomic E-state index is -2.63. The number of amides is 3. The van der Waals surface area contributed by atoms with Crippen LogP contribution in [-0.4, -0.2) is 62.9 Å².